The largest absolute Gasteiger partial charge is 0.449 e. The highest BCUT2D eigenvalue weighted by Crippen LogP contribution is 2.11. The van der Waals surface area contributed by atoms with E-state index in [1.807, 2.05) is 0 Å². The third kappa shape index (κ3) is 5.62. The molecule has 1 aliphatic heterocycles. The zero-order valence-corrected chi connectivity index (χ0v) is 9.55. The summed E-state index contributed by atoms with van der Waals surface area (Å²) in [4.78, 5) is 11.2. The fraction of sp³-hybridized carbons (Fsp3) is 0.909. The van der Waals surface area contributed by atoms with Gasteiger partial charge in [-0.25, -0.2) is 4.79 Å². The summed E-state index contributed by atoms with van der Waals surface area (Å²) in [7, 11) is 0. The van der Waals surface area contributed by atoms with Crippen molar-refractivity contribution in [3.63, 3.8) is 0 Å². The maximum absolute atomic E-state index is 11.2. The lowest BCUT2D eigenvalue weighted by molar-refractivity contribution is 0.118. The zero-order chi connectivity index (χ0) is 10.9. The highest BCUT2D eigenvalue weighted by Gasteiger charge is 2.14. The van der Waals surface area contributed by atoms with Crippen molar-refractivity contribution >= 4 is 6.09 Å². The highest BCUT2D eigenvalue weighted by molar-refractivity contribution is 5.66. The van der Waals surface area contributed by atoms with E-state index in [1.54, 1.807) is 0 Å². The lowest BCUT2D eigenvalue weighted by Gasteiger charge is -2.22. The van der Waals surface area contributed by atoms with Gasteiger partial charge in [0.1, 0.15) is 0 Å². The van der Waals surface area contributed by atoms with E-state index in [-0.39, 0.29) is 6.09 Å². The Balaban J connectivity index is 2.00. The number of hydrogen-bond acceptors (Lipinski definition) is 3. The van der Waals surface area contributed by atoms with Gasteiger partial charge >= 0.3 is 6.09 Å². The number of carbonyl (C=O) groups excluding carboxylic acids is 1. The lowest BCUT2D eigenvalue weighted by Crippen LogP contribution is -2.32. The van der Waals surface area contributed by atoms with Crippen molar-refractivity contribution in [3.8, 4) is 0 Å². The molecule has 1 fully saturated rings. The maximum atomic E-state index is 11.2. The van der Waals surface area contributed by atoms with E-state index in [0.29, 0.717) is 12.5 Å². The second kappa shape index (κ2) is 7.51. The summed E-state index contributed by atoms with van der Waals surface area (Å²) >= 11 is 0. The van der Waals surface area contributed by atoms with E-state index in [0.717, 1.165) is 45.3 Å². The number of alkyl carbamates (subject to hydrolysis) is 1. The number of carbonyl (C=O) groups is 1. The number of amides is 1. The third-order valence-corrected chi connectivity index (χ3v) is 2.71. The molecule has 88 valence electrons. The molecule has 1 amide bonds. The minimum Gasteiger partial charge on any atom is -0.449 e. The molecule has 1 saturated heterocycles. The van der Waals surface area contributed by atoms with E-state index in [9.17, 15) is 4.79 Å². The predicted octanol–water partition coefficient (Wildman–Crippen LogP) is 1.51. The molecule has 0 unspecified atom stereocenters. The molecule has 0 aromatic heterocycles. The van der Waals surface area contributed by atoms with Crippen LogP contribution in [-0.4, -0.2) is 32.3 Å². The molecule has 1 rings (SSSR count). The number of nitrogens with one attached hydrogen (secondary N) is 2. The first-order valence-corrected chi connectivity index (χ1v) is 5.94. The van der Waals surface area contributed by atoms with E-state index < -0.39 is 0 Å². The van der Waals surface area contributed by atoms with Gasteiger partial charge in [0.15, 0.2) is 0 Å². The first-order valence-electron chi connectivity index (χ1n) is 5.94. The molecule has 4 nitrogen and oxygen atoms in total. The van der Waals surface area contributed by atoms with Gasteiger partial charge < -0.3 is 15.4 Å². The molecule has 4 heteroatoms. The van der Waals surface area contributed by atoms with E-state index >= 15 is 0 Å². The second-order valence-electron chi connectivity index (χ2n) is 4.07. The smallest absolute Gasteiger partial charge is 0.407 e. The van der Waals surface area contributed by atoms with Crippen molar-refractivity contribution in [2.24, 2.45) is 5.92 Å². The van der Waals surface area contributed by atoms with Gasteiger partial charge in [-0.1, -0.05) is 13.3 Å². The summed E-state index contributed by atoms with van der Waals surface area (Å²) in [6.07, 6.45) is 4.07. The molecule has 0 spiro atoms. The second-order valence-corrected chi connectivity index (χ2v) is 4.07. The molecule has 0 aliphatic carbocycles. The first-order chi connectivity index (χ1) is 7.33. The fourth-order valence-electron chi connectivity index (χ4n) is 1.66. The van der Waals surface area contributed by atoms with Crippen LogP contribution in [0.5, 0.6) is 0 Å². The van der Waals surface area contributed by atoms with E-state index in [2.05, 4.69) is 17.6 Å². The summed E-state index contributed by atoms with van der Waals surface area (Å²) < 4.78 is 5.15. The van der Waals surface area contributed by atoms with Crippen molar-refractivity contribution in [2.75, 3.05) is 26.2 Å². The van der Waals surface area contributed by atoms with Crippen LogP contribution in [0.25, 0.3) is 0 Å². The number of ether oxygens (including phenoxy) is 1. The monoisotopic (exact) mass is 214 g/mol. The normalized spacial score (nSPS) is 17.4. The number of piperidine rings is 1. The topological polar surface area (TPSA) is 50.4 Å². The van der Waals surface area contributed by atoms with Crippen LogP contribution in [0, 0.1) is 5.92 Å². The molecule has 1 aliphatic rings. The van der Waals surface area contributed by atoms with Crippen LogP contribution in [-0.2, 0) is 4.74 Å². The molecular weight excluding hydrogens is 192 g/mol. The summed E-state index contributed by atoms with van der Waals surface area (Å²) in [5.41, 5.74) is 0. The Morgan fingerprint density at radius 2 is 2.20 bits per heavy atom. The van der Waals surface area contributed by atoms with Crippen molar-refractivity contribution in [1.29, 1.82) is 0 Å². The quantitative estimate of drug-likeness (QED) is 0.682. The summed E-state index contributed by atoms with van der Waals surface area (Å²) in [6, 6.07) is 0. The van der Waals surface area contributed by atoms with Gasteiger partial charge in [0.25, 0.3) is 0 Å². The Bertz CT molecular complexity index is 179. The van der Waals surface area contributed by atoms with Gasteiger partial charge in [0, 0.05) is 6.54 Å². The summed E-state index contributed by atoms with van der Waals surface area (Å²) in [5, 5.41) is 6.03. The number of hydrogen-bond donors (Lipinski definition) is 2. The van der Waals surface area contributed by atoms with Crippen molar-refractivity contribution in [2.45, 2.75) is 32.6 Å². The van der Waals surface area contributed by atoms with Crippen molar-refractivity contribution < 1.29 is 9.53 Å². The Labute approximate surface area is 91.8 Å². The lowest BCUT2D eigenvalue weighted by atomic mass is 9.99. The molecular formula is C11H22N2O2. The van der Waals surface area contributed by atoms with Gasteiger partial charge in [-0.3, -0.25) is 0 Å². The minimum atomic E-state index is -0.262. The van der Waals surface area contributed by atoms with Crippen LogP contribution in [0.2, 0.25) is 0 Å². The van der Waals surface area contributed by atoms with Crippen LogP contribution in [0.3, 0.4) is 0 Å². The van der Waals surface area contributed by atoms with E-state index in [1.165, 1.54) is 0 Å². The fourth-order valence-corrected chi connectivity index (χ4v) is 1.66. The van der Waals surface area contributed by atoms with Gasteiger partial charge in [0.05, 0.1) is 6.61 Å². The molecule has 0 aromatic carbocycles. The van der Waals surface area contributed by atoms with Crippen molar-refractivity contribution in [3.05, 3.63) is 0 Å². The molecule has 0 radical (unpaired) electrons. The van der Waals surface area contributed by atoms with Crippen LogP contribution >= 0.6 is 0 Å². The molecule has 2 N–H and O–H groups in total. The maximum Gasteiger partial charge on any atom is 0.407 e. The molecule has 15 heavy (non-hydrogen) atoms. The SMILES string of the molecule is CCCCNC(=O)OCC1CCNCC1. The third-order valence-electron chi connectivity index (χ3n) is 2.71. The van der Waals surface area contributed by atoms with Gasteiger partial charge in [0.2, 0.25) is 0 Å². The van der Waals surface area contributed by atoms with E-state index in [4.69, 9.17) is 4.74 Å². The first kappa shape index (κ1) is 12.3. The number of unbranched alkanes of at least 4 members (excludes halogenated alkanes) is 1. The molecule has 0 saturated carbocycles. The van der Waals surface area contributed by atoms with Crippen molar-refractivity contribution in [1.82, 2.24) is 10.6 Å². The standard InChI is InChI=1S/C11H22N2O2/c1-2-3-6-13-11(14)15-9-10-4-7-12-8-5-10/h10,12H,2-9H2,1H3,(H,13,14). The molecule has 1 heterocycles. The minimum absolute atomic E-state index is 0.262. The van der Waals surface area contributed by atoms with Crippen LogP contribution < -0.4 is 10.6 Å². The molecule has 0 bridgehead atoms. The Morgan fingerprint density at radius 1 is 1.47 bits per heavy atom. The molecule has 0 aromatic rings. The molecule has 0 atom stereocenters. The highest BCUT2D eigenvalue weighted by atomic mass is 16.5. The Morgan fingerprint density at radius 3 is 2.87 bits per heavy atom. The average molecular weight is 214 g/mol. The van der Waals surface area contributed by atoms with Crippen LogP contribution in [0.4, 0.5) is 4.79 Å². The van der Waals surface area contributed by atoms with Crippen LogP contribution in [0.1, 0.15) is 32.6 Å². The summed E-state index contributed by atoms with van der Waals surface area (Å²) in [6.45, 7) is 5.49. The zero-order valence-electron chi connectivity index (χ0n) is 9.55. The van der Waals surface area contributed by atoms with Crippen LogP contribution in [0.15, 0.2) is 0 Å². The predicted molar refractivity (Wildman–Crippen MR) is 59.9 cm³/mol. The number of rotatable bonds is 5. The summed E-state index contributed by atoms with van der Waals surface area (Å²) in [5.74, 6) is 0.545. The Hall–Kier alpha value is -0.770. The average Bonchev–Trinajstić information content (AvgIpc) is 2.28. The Kier molecular flexibility index (Phi) is 6.16. The van der Waals surface area contributed by atoms with Gasteiger partial charge in [-0.15, -0.1) is 0 Å². The van der Waals surface area contributed by atoms with Gasteiger partial charge in [-0.2, -0.15) is 0 Å². The van der Waals surface area contributed by atoms with Gasteiger partial charge in [-0.05, 0) is 38.3 Å².